The van der Waals surface area contributed by atoms with Crippen molar-refractivity contribution >= 4 is 17.5 Å². The molecule has 0 aromatic heterocycles. The number of hydrogen-bond acceptors (Lipinski definition) is 7. The van der Waals surface area contributed by atoms with Crippen molar-refractivity contribution in [3.8, 4) is 5.75 Å². The molecule has 1 aromatic rings. The maximum absolute atomic E-state index is 13.2. The molecule has 0 radical (unpaired) electrons. The lowest BCUT2D eigenvalue weighted by molar-refractivity contribution is -0.136. The van der Waals surface area contributed by atoms with Crippen LogP contribution >= 0.6 is 0 Å². The Bertz CT molecular complexity index is 829. The van der Waals surface area contributed by atoms with Crippen LogP contribution in [0, 0.1) is 5.92 Å². The Kier molecular flexibility index (Phi) is 8.06. The Morgan fingerprint density at radius 1 is 1.15 bits per heavy atom. The number of piperazine rings is 1. The predicted octanol–water partition coefficient (Wildman–Crippen LogP) is 0.370. The maximum atomic E-state index is 13.2. The molecule has 1 N–H and O–H groups in total. The molecular formula is C24H36N4O5. The highest BCUT2D eigenvalue weighted by atomic mass is 16.5. The van der Waals surface area contributed by atoms with Gasteiger partial charge in [0, 0.05) is 64.7 Å². The molecule has 2 amide bonds. The third-order valence-electron chi connectivity index (χ3n) is 6.89. The van der Waals surface area contributed by atoms with Crippen LogP contribution in [0.1, 0.15) is 12.0 Å². The van der Waals surface area contributed by atoms with Crippen LogP contribution in [0.25, 0.3) is 0 Å². The number of carbonyl (C=O) groups is 2. The van der Waals surface area contributed by atoms with Crippen LogP contribution in [-0.4, -0.2) is 108 Å². The number of anilines is 1. The van der Waals surface area contributed by atoms with E-state index in [1.807, 2.05) is 11.0 Å². The van der Waals surface area contributed by atoms with Crippen LogP contribution < -0.4 is 15.0 Å². The van der Waals surface area contributed by atoms with E-state index in [-0.39, 0.29) is 23.8 Å². The van der Waals surface area contributed by atoms with Crippen LogP contribution in [0.3, 0.4) is 0 Å². The quantitative estimate of drug-likeness (QED) is 0.561. The molecule has 3 aliphatic heterocycles. The molecular weight excluding hydrogens is 424 g/mol. The van der Waals surface area contributed by atoms with E-state index in [2.05, 4.69) is 27.2 Å². The van der Waals surface area contributed by atoms with E-state index in [1.54, 1.807) is 14.2 Å². The van der Waals surface area contributed by atoms with Gasteiger partial charge in [-0.1, -0.05) is 6.07 Å². The molecule has 0 bridgehead atoms. The van der Waals surface area contributed by atoms with Crippen molar-refractivity contribution in [3.05, 3.63) is 23.8 Å². The highest BCUT2D eigenvalue weighted by Gasteiger charge is 2.42. The summed E-state index contributed by atoms with van der Waals surface area (Å²) in [6.45, 7) is 6.37. The molecule has 0 saturated carbocycles. The number of nitrogens with zero attached hydrogens (tertiary/aromatic N) is 3. The van der Waals surface area contributed by atoms with Crippen molar-refractivity contribution in [2.75, 3.05) is 84.8 Å². The maximum Gasteiger partial charge on any atom is 0.236 e. The van der Waals surface area contributed by atoms with E-state index in [9.17, 15) is 9.59 Å². The van der Waals surface area contributed by atoms with Gasteiger partial charge in [0.15, 0.2) is 0 Å². The second kappa shape index (κ2) is 11.2. The first kappa shape index (κ1) is 23.8. The summed E-state index contributed by atoms with van der Waals surface area (Å²) in [6, 6.07) is 6.12. The molecule has 9 nitrogen and oxygen atoms in total. The third-order valence-corrected chi connectivity index (χ3v) is 6.89. The van der Waals surface area contributed by atoms with Gasteiger partial charge in [-0.15, -0.1) is 0 Å². The third kappa shape index (κ3) is 5.59. The zero-order valence-corrected chi connectivity index (χ0v) is 19.8. The zero-order valence-electron chi connectivity index (χ0n) is 19.8. The molecule has 1 aromatic carbocycles. The van der Waals surface area contributed by atoms with E-state index in [1.165, 1.54) is 5.56 Å². The van der Waals surface area contributed by atoms with Gasteiger partial charge >= 0.3 is 0 Å². The molecule has 0 unspecified atom stereocenters. The first-order valence-corrected chi connectivity index (χ1v) is 11.9. The summed E-state index contributed by atoms with van der Waals surface area (Å²) in [5.74, 6) is 0.865. The van der Waals surface area contributed by atoms with Crippen LogP contribution in [0.2, 0.25) is 0 Å². The lowest BCUT2D eigenvalue weighted by Crippen LogP contribution is -2.62. The minimum absolute atomic E-state index is 0.0123. The lowest BCUT2D eigenvalue weighted by Gasteiger charge is -2.49. The average Bonchev–Trinajstić information content (AvgIpc) is 2.86. The van der Waals surface area contributed by atoms with Crippen molar-refractivity contribution < 1.29 is 23.8 Å². The van der Waals surface area contributed by atoms with Crippen LogP contribution in [-0.2, 0) is 25.5 Å². The highest BCUT2D eigenvalue weighted by molar-refractivity contribution is 5.82. The fourth-order valence-corrected chi connectivity index (χ4v) is 5.07. The number of methoxy groups -OCH3 is 2. The Hall–Kier alpha value is -2.36. The number of fused-ring (bicyclic) bond motifs is 3. The number of nitrogens with one attached hydrogen (secondary N) is 1. The molecule has 9 heteroatoms. The number of rotatable bonds is 8. The van der Waals surface area contributed by atoms with Gasteiger partial charge in [0.25, 0.3) is 0 Å². The first-order chi connectivity index (χ1) is 16.1. The first-order valence-electron chi connectivity index (χ1n) is 11.9. The van der Waals surface area contributed by atoms with Crippen molar-refractivity contribution in [2.45, 2.75) is 18.9 Å². The molecule has 33 heavy (non-hydrogen) atoms. The number of ether oxygens (including phenoxy) is 3. The number of benzene rings is 1. The van der Waals surface area contributed by atoms with Crippen molar-refractivity contribution in [2.24, 2.45) is 5.92 Å². The number of amides is 2. The molecule has 2 atom stereocenters. The normalized spacial score (nSPS) is 23.0. The Morgan fingerprint density at radius 3 is 2.73 bits per heavy atom. The monoisotopic (exact) mass is 460 g/mol. The van der Waals surface area contributed by atoms with Crippen molar-refractivity contribution in [3.63, 3.8) is 0 Å². The van der Waals surface area contributed by atoms with Crippen molar-refractivity contribution in [1.29, 1.82) is 0 Å². The Morgan fingerprint density at radius 2 is 1.97 bits per heavy atom. The van der Waals surface area contributed by atoms with Crippen LogP contribution in [0.15, 0.2) is 18.2 Å². The molecule has 182 valence electrons. The van der Waals surface area contributed by atoms with E-state index < -0.39 is 0 Å². The molecule has 0 spiro atoms. The number of morpholine rings is 1. The van der Waals surface area contributed by atoms with Crippen LogP contribution in [0.4, 0.5) is 5.69 Å². The smallest absolute Gasteiger partial charge is 0.236 e. The van der Waals surface area contributed by atoms with Gasteiger partial charge in [0.1, 0.15) is 5.75 Å². The van der Waals surface area contributed by atoms with Gasteiger partial charge in [-0.25, -0.2) is 0 Å². The van der Waals surface area contributed by atoms with Crippen LogP contribution in [0.5, 0.6) is 5.75 Å². The molecule has 4 rings (SSSR count). The molecule has 3 aliphatic rings. The molecule has 3 heterocycles. The number of hydrogen-bond donors (Lipinski definition) is 1. The highest BCUT2D eigenvalue weighted by Crippen LogP contribution is 2.38. The summed E-state index contributed by atoms with van der Waals surface area (Å²) in [4.78, 5) is 32.5. The van der Waals surface area contributed by atoms with Gasteiger partial charge in [0.05, 0.1) is 38.8 Å². The van der Waals surface area contributed by atoms with Gasteiger partial charge in [-0.05, 0) is 24.5 Å². The standard InChI is InChI=1S/C24H36N4O5/c1-31-11-3-6-25-24(30)20-14-18-4-5-19(32-2)15-21(18)28-8-7-26(16-22(20)28)17-23(29)27-9-12-33-13-10-27/h4-5,15,20,22H,3,6-14,16-17H2,1-2H3,(H,25,30)/t20-,22-/m1/s1. The topological polar surface area (TPSA) is 83.6 Å². The second-order valence-electron chi connectivity index (χ2n) is 8.93. The minimum atomic E-state index is -0.172. The molecule has 2 fully saturated rings. The van der Waals surface area contributed by atoms with Gasteiger partial charge in [-0.2, -0.15) is 0 Å². The summed E-state index contributed by atoms with van der Waals surface area (Å²) >= 11 is 0. The Balaban J connectivity index is 1.48. The van der Waals surface area contributed by atoms with Gasteiger partial charge < -0.3 is 29.3 Å². The van der Waals surface area contributed by atoms with E-state index in [0.717, 1.165) is 30.9 Å². The predicted molar refractivity (Wildman–Crippen MR) is 125 cm³/mol. The summed E-state index contributed by atoms with van der Waals surface area (Å²) in [7, 11) is 3.34. The second-order valence-corrected chi connectivity index (χ2v) is 8.93. The summed E-state index contributed by atoms with van der Waals surface area (Å²) in [6.07, 6.45) is 1.47. The van der Waals surface area contributed by atoms with Crippen molar-refractivity contribution in [1.82, 2.24) is 15.1 Å². The summed E-state index contributed by atoms with van der Waals surface area (Å²) in [5, 5.41) is 3.10. The Labute approximate surface area is 195 Å². The molecule has 2 saturated heterocycles. The fraction of sp³-hybridized carbons (Fsp3) is 0.667. The number of carbonyl (C=O) groups excluding carboxylic acids is 2. The lowest BCUT2D eigenvalue weighted by atomic mass is 9.83. The summed E-state index contributed by atoms with van der Waals surface area (Å²) < 4.78 is 15.9. The van der Waals surface area contributed by atoms with E-state index in [0.29, 0.717) is 59.0 Å². The van der Waals surface area contributed by atoms with E-state index in [4.69, 9.17) is 14.2 Å². The largest absolute Gasteiger partial charge is 0.497 e. The zero-order chi connectivity index (χ0) is 23.2. The average molecular weight is 461 g/mol. The minimum Gasteiger partial charge on any atom is -0.497 e. The van der Waals surface area contributed by atoms with Gasteiger partial charge in [-0.3, -0.25) is 14.5 Å². The summed E-state index contributed by atoms with van der Waals surface area (Å²) in [5.41, 5.74) is 2.31. The van der Waals surface area contributed by atoms with Gasteiger partial charge in [0.2, 0.25) is 11.8 Å². The fourth-order valence-electron chi connectivity index (χ4n) is 5.07. The van der Waals surface area contributed by atoms with E-state index >= 15 is 0 Å². The SMILES string of the molecule is COCCCNC(=O)[C@@H]1Cc2ccc(OC)cc2N2CCN(CC(=O)N3CCOCC3)C[C@H]12. The molecule has 0 aliphatic carbocycles.